The van der Waals surface area contributed by atoms with Crippen molar-refractivity contribution in [3.05, 3.63) is 17.8 Å². The molecule has 0 aromatic carbocycles. The molecule has 6 heteroatoms. The molecule has 0 aliphatic carbocycles. The van der Waals surface area contributed by atoms with Gasteiger partial charge < -0.3 is 15.3 Å². The van der Waals surface area contributed by atoms with E-state index in [9.17, 15) is 9.90 Å². The minimum absolute atomic E-state index is 0.171. The monoisotopic (exact) mass is 252 g/mol. The van der Waals surface area contributed by atoms with E-state index in [1.807, 2.05) is 6.92 Å². The van der Waals surface area contributed by atoms with Crippen molar-refractivity contribution in [2.45, 2.75) is 25.9 Å². The number of hydrogen-bond acceptors (Lipinski definition) is 5. The number of aromatic nitrogens is 2. The van der Waals surface area contributed by atoms with Gasteiger partial charge in [-0.15, -0.1) is 10.2 Å². The first-order valence-electron chi connectivity index (χ1n) is 6.02. The second kappa shape index (κ2) is 6.90. The van der Waals surface area contributed by atoms with Gasteiger partial charge in [0.2, 0.25) is 0 Å². The normalized spacial score (nSPS) is 12.0. The van der Waals surface area contributed by atoms with Crippen LogP contribution in [0.5, 0.6) is 0 Å². The average Bonchev–Trinajstić information content (AvgIpc) is 2.38. The minimum atomic E-state index is -0.292. The maximum atomic E-state index is 11.6. The standard InChI is InChI=1S/C12H20N4O2/c1-4-9(17)7-8-13-11-6-5-10(14-15-11)12(18)16(2)3/h5-6,9,17H,4,7-8H2,1-3H3,(H,13,15). The second-order valence-corrected chi connectivity index (χ2v) is 4.28. The molecule has 0 radical (unpaired) electrons. The molecular weight excluding hydrogens is 232 g/mol. The SMILES string of the molecule is CCC(O)CCNc1ccc(C(=O)N(C)C)nn1. The van der Waals surface area contributed by atoms with Crippen LogP contribution in [-0.2, 0) is 0 Å². The summed E-state index contributed by atoms with van der Waals surface area (Å²) in [6.07, 6.45) is 1.11. The van der Waals surface area contributed by atoms with Crippen LogP contribution in [0.4, 0.5) is 5.82 Å². The second-order valence-electron chi connectivity index (χ2n) is 4.28. The third kappa shape index (κ3) is 4.29. The van der Waals surface area contributed by atoms with Crippen LogP contribution in [0.1, 0.15) is 30.3 Å². The Morgan fingerprint density at radius 2 is 2.17 bits per heavy atom. The maximum Gasteiger partial charge on any atom is 0.273 e. The summed E-state index contributed by atoms with van der Waals surface area (Å²) in [5, 5.41) is 20.2. The lowest BCUT2D eigenvalue weighted by Crippen LogP contribution is -2.23. The zero-order valence-corrected chi connectivity index (χ0v) is 11.1. The maximum absolute atomic E-state index is 11.6. The summed E-state index contributed by atoms with van der Waals surface area (Å²) in [5.41, 5.74) is 0.319. The van der Waals surface area contributed by atoms with Gasteiger partial charge >= 0.3 is 0 Å². The molecule has 0 saturated carbocycles. The van der Waals surface area contributed by atoms with Gasteiger partial charge in [-0.25, -0.2) is 0 Å². The van der Waals surface area contributed by atoms with Crippen LogP contribution in [0.2, 0.25) is 0 Å². The number of amides is 1. The quantitative estimate of drug-likeness (QED) is 0.781. The van der Waals surface area contributed by atoms with E-state index >= 15 is 0 Å². The van der Waals surface area contributed by atoms with Crippen molar-refractivity contribution in [2.24, 2.45) is 0 Å². The van der Waals surface area contributed by atoms with Crippen LogP contribution in [-0.4, -0.2) is 52.9 Å². The highest BCUT2D eigenvalue weighted by Crippen LogP contribution is 2.04. The molecule has 0 bridgehead atoms. The lowest BCUT2D eigenvalue weighted by molar-refractivity contribution is 0.0821. The van der Waals surface area contributed by atoms with Gasteiger partial charge in [0.25, 0.3) is 5.91 Å². The molecule has 1 amide bonds. The van der Waals surface area contributed by atoms with Crippen molar-refractivity contribution in [2.75, 3.05) is 26.0 Å². The van der Waals surface area contributed by atoms with Crippen LogP contribution < -0.4 is 5.32 Å². The molecule has 2 N–H and O–H groups in total. The Kier molecular flexibility index (Phi) is 5.51. The first-order chi connectivity index (χ1) is 8.54. The van der Waals surface area contributed by atoms with Crippen LogP contribution >= 0.6 is 0 Å². The van der Waals surface area contributed by atoms with Crippen molar-refractivity contribution in [3.63, 3.8) is 0 Å². The summed E-state index contributed by atoms with van der Waals surface area (Å²) in [7, 11) is 3.34. The van der Waals surface area contributed by atoms with Crippen LogP contribution in [0.25, 0.3) is 0 Å². The molecule has 0 fully saturated rings. The minimum Gasteiger partial charge on any atom is -0.393 e. The summed E-state index contributed by atoms with van der Waals surface area (Å²) < 4.78 is 0. The first-order valence-corrected chi connectivity index (χ1v) is 6.02. The molecule has 1 aromatic heterocycles. The molecule has 0 aliphatic rings. The summed E-state index contributed by atoms with van der Waals surface area (Å²) in [6.45, 7) is 2.57. The van der Waals surface area contributed by atoms with Crippen LogP contribution in [0.15, 0.2) is 12.1 Å². The summed E-state index contributed by atoms with van der Waals surface area (Å²) in [5.74, 6) is 0.434. The third-order valence-electron chi connectivity index (χ3n) is 2.54. The van der Waals surface area contributed by atoms with E-state index in [0.717, 1.165) is 6.42 Å². The average molecular weight is 252 g/mol. The van der Waals surface area contributed by atoms with E-state index in [2.05, 4.69) is 15.5 Å². The molecular formula is C12H20N4O2. The number of nitrogens with one attached hydrogen (secondary N) is 1. The highest BCUT2D eigenvalue weighted by Gasteiger charge is 2.09. The fraction of sp³-hybridized carbons (Fsp3) is 0.583. The Morgan fingerprint density at radius 3 is 2.67 bits per heavy atom. The number of nitrogens with zero attached hydrogens (tertiary/aromatic N) is 3. The van der Waals surface area contributed by atoms with E-state index in [4.69, 9.17) is 0 Å². The van der Waals surface area contributed by atoms with E-state index < -0.39 is 0 Å². The molecule has 1 heterocycles. The number of anilines is 1. The molecule has 1 unspecified atom stereocenters. The molecule has 6 nitrogen and oxygen atoms in total. The first kappa shape index (κ1) is 14.4. The van der Waals surface area contributed by atoms with Gasteiger partial charge in [-0.05, 0) is 25.0 Å². The Bertz CT molecular complexity index is 378. The van der Waals surface area contributed by atoms with Gasteiger partial charge in [0.1, 0.15) is 5.82 Å². The van der Waals surface area contributed by atoms with Gasteiger partial charge in [0.15, 0.2) is 5.69 Å². The predicted molar refractivity (Wildman–Crippen MR) is 69.5 cm³/mol. The largest absolute Gasteiger partial charge is 0.393 e. The Morgan fingerprint density at radius 1 is 1.44 bits per heavy atom. The van der Waals surface area contributed by atoms with Gasteiger partial charge in [0.05, 0.1) is 6.10 Å². The molecule has 1 rings (SSSR count). The van der Waals surface area contributed by atoms with E-state index in [-0.39, 0.29) is 12.0 Å². The van der Waals surface area contributed by atoms with E-state index in [1.54, 1.807) is 26.2 Å². The fourth-order valence-electron chi connectivity index (χ4n) is 1.34. The van der Waals surface area contributed by atoms with Crippen molar-refractivity contribution in [1.82, 2.24) is 15.1 Å². The van der Waals surface area contributed by atoms with Crippen LogP contribution in [0.3, 0.4) is 0 Å². The molecule has 0 saturated heterocycles. The molecule has 1 atom stereocenters. The zero-order valence-electron chi connectivity index (χ0n) is 11.1. The van der Waals surface area contributed by atoms with Crippen molar-refractivity contribution in [3.8, 4) is 0 Å². The predicted octanol–water partition coefficient (Wildman–Crippen LogP) is 0.751. The summed E-state index contributed by atoms with van der Waals surface area (Å²) >= 11 is 0. The third-order valence-corrected chi connectivity index (χ3v) is 2.54. The number of aliphatic hydroxyl groups excluding tert-OH is 1. The van der Waals surface area contributed by atoms with Gasteiger partial charge in [-0.3, -0.25) is 4.79 Å². The number of rotatable bonds is 6. The lowest BCUT2D eigenvalue weighted by atomic mass is 10.2. The van der Waals surface area contributed by atoms with E-state index in [1.165, 1.54) is 4.90 Å². The fourth-order valence-corrected chi connectivity index (χ4v) is 1.34. The topological polar surface area (TPSA) is 78.4 Å². The zero-order chi connectivity index (χ0) is 13.5. The number of carbonyl (C=O) groups excluding carboxylic acids is 1. The lowest BCUT2D eigenvalue weighted by Gasteiger charge is -2.10. The van der Waals surface area contributed by atoms with Crippen LogP contribution in [0, 0.1) is 0 Å². The van der Waals surface area contributed by atoms with Crippen molar-refractivity contribution >= 4 is 11.7 Å². The Balaban J connectivity index is 2.48. The van der Waals surface area contributed by atoms with Gasteiger partial charge in [-0.2, -0.15) is 0 Å². The molecule has 0 aliphatic heterocycles. The van der Waals surface area contributed by atoms with E-state index in [0.29, 0.717) is 24.5 Å². The number of carbonyl (C=O) groups is 1. The molecule has 0 spiro atoms. The summed E-state index contributed by atoms with van der Waals surface area (Å²) in [4.78, 5) is 13.0. The molecule has 1 aromatic rings. The Hall–Kier alpha value is -1.69. The van der Waals surface area contributed by atoms with Crippen molar-refractivity contribution < 1.29 is 9.90 Å². The highest BCUT2D eigenvalue weighted by molar-refractivity contribution is 5.91. The Labute approximate surface area is 107 Å². The number of aliphatic hydroxyl groups is 1. The van der Waals surface area contributed by atoms with Gasteiger partial charge in [-0.1, -0.05) is 6.92 Å². The number of hydrogen-bond donors (Lipinski definition) is 2. The van der Waals surface area contributed by atoms with Crippen molar-refractivity contribution in [1.29, 1.82) is 0 Å². The molecule has 18 heavy (non-hydrogen) atoms. The summed E-state index contributed by atoms with van der Waals surface area (Å²) in [6, 6.07) is 3.34. The van der Waals surface area contributed by atoms with Gasteiger partial charge in [0, 0.05) is 20.6 Å². The highest BCUT2D eigenvalue weighted by atomic mass is 16.3. The smallest absolute Gasteiger partial charge is 0.273 e. The molecule has 100 valence electrons.